The van der Waals surface area contributed by atoms with Gasteiger partial charge in [0.1, 0.15) is 0 Å². The van der Waals surface area contributed by atoms with Crippen LogP contribution in [0.25, 0.3) is 0 Å². The van der Waals surface area contributed by atoms with Crippen molar-refractivity contribution in [3.8, 4) is 6.07 Å². The minimum atomic E-state index is -0.0706. The predicted molar refractivity (Wildman–Crippen MR) is 87.4 cm³/mol. The maximum Gasteiger partial charge on any atom is 0.234 e. The molecule has 0 aliphatic rings. The summed E-state index contributed by atoms with van der Waals surface area (Å²) in [5.74, 6) is 0.973. The average molecular weight is 317 g/mol. The Morgan fingerprint density at radius 1 is 1.24 bits per heavy atom. The molecule has 0 unspecified atom stereocenters. The number of halogens is 1. The Morgan fingerprint density at radius 3 is 2.81 bits per heavy atom. The molecule has 0 aliphatic heterocycles. The van der Waals surface area contributed by atoms with Crippen LogP contribution in [0.5, 0.6) is 0 Å². The quantitative estimate of drug-likeness (QED) is 0.904. The minimum Gasteiger partial charge on any atom is -0.325 e. The van der Waals surface area contributed by atoms with Crippen molar-refractivity contribution in [2.75, 3.05) is 11.1 Å². The molecular formula is C16H13ClN2OS. The fourth-order valence-electron chi connectivity index (χ4n) is 1.76. The van der Waals surface area contributed by atoms with Gasteiger partial charge in [-0.25, -0.2) is 0 Å². The zero-order valence-electron chi connectivity index (χ0n) is 11.2. The van der Waals surface area contributed by atoms with Gasteiger partial charge in [-0.05, 0) is 35.9 Å². The van der Waals surface area contributed by atoms with Crippen molar-refractivity contribution in [3.05, 3.63) is 64.7 Å². The number of thioether (sulfide) groups is 1. The zero-order valence-corrected chi connectivity index (χ0v) is 12.7. The van der Waals surface area contributed by atoms with E-state index < -0.39 is 0 Å². The second-order valence-electron chi connectivity index (χ2n) is 4.36. The van der Waals surface area contributed by atoms with Crippen LogP contribution in [0.4, 0.5) is 5.69 Å². The Bertz CT molecular complexity index is 682. The lowest BCUT2D eigenvalue weighted by Gasteiger charge is -2.05. The van der Waals surface area contributed by atoms with Crippen molar-refractivity contribution >= 4 is 35.0 Å². The molecule has 2 aromatic rings. The van der Waals surface area contributed by atoms with Gasteiger partial charge in [-0.15, -0.1) is 11.8 Å². The van der Waals surface area contributed by atoms with E-state index in [2.05, 4.69) is 11.4 Å². The summed E-state index contributed by atoms with van der Waals surface area (Å²) < 4.78 is 0. The zero-order chi connectivity index (χ0) is 15.1. The number of benzene rings is 2. The van der Waals surface area contributed by atoms with Gasteiger partial charge in [-0.3, -0.25) is 4.79 Å². The van der Waals surface area contributed by atoms with Gasteiger partial charge in [0.05, 0.1) is 17.4 Å². The standard InChI is InChI=1S/C16H13ClN2OS/c17-14-5-2-6-15(8-14)19-16(20)11-21-10-13-4-1-3-12(7-13)9-18/h1-8H,10-11H2,(H,19,20). The van der Waals surface area contributed by atoms with Crippen molar-refractivity contribution in [3.63, 3.8) is 0 Å². The summed E-state index contributed by atoms with van der Waals surface area (Å²) in [4.78, 5) is 11.8. The normalized spacial score (nSPS) is 9.90. The summed E-state index contributed by atoms with van der Waals surface area (Å²) in [6.07, 6.45) is 0. The highest BCUT2D eigenvalue weighted by atomic mass is 35.5. The molecule has 21 heavy (non-hydrogen) atoms. The third-order valence-electron chi connectivity index (χ3n) is 2.67. The number of carbonyl (C=O) groups excluding carboxylic acids is 1. The van der Waals surface area contributed by atoms with Crippen molar-refractivity contribution in [2.45, 2.75) is 5.75 Å². The molecule has 0 atom stereocenters. The van der Waals surface area contributed by atoms with E-state index in [9.17, 15) is 4.79 Å². The van der Waals surface area contributed by atoms with Crippen LogP contribution < -0.4 is 5.32 Å². The Hall–Kier alpha value is -1.96. The summed E-state index contributed by atoms with van der Waals surface area (Å²) in [6.45, 7) is 0. The van der Waals surface area contributed by atoms with Crippen LogP contribution in [-0.4, -0.2) is 11.7 Å². The van der Waals surface area contributed by atoms with Gasteiger partial charge in [-0.1, -0.05) is 29.8 Å². The first-order valence-electron chi connectivity index (χ1n) is 6.29. The molecule has 0 aromatic heterocycles. The molecular weight excluding hydrogens is 304 g/mol. The van der Waals surface area contributed by atoms with Gasteiger partial charge < -0.3 is 5.32 Å². The Morgan fingerprint density at radius 2 is 2.05 bits per heavy atom. The number of amides is 1. The molecule has 3 nitrogen and oxygen atoms in total. The predicted octanol–water partition coefficient (Wildman–Crippen LogP) is 4.08. The molecule has 0 heterocycles. The van der Waals surface area contributed by atoms with Crippen molar-refractivity contribution in [1.82, 2.24) is 0 Å². The van der Waals surface area contributed by atoms with Gasteiger partial charge in [0.15, 0.2) is 0 Å². The van der Waals surface area contributed by atoms with Crippen LogP contribution in [0.15, 0.2) is 48.5 Å². The number of rotatable bonds is 5. The molecule has 5 heteroatoms. The van der Waals surface area contributed by atoms with E-state index in [1.807, 2.05) is 18.2 Å². The maximum atomic E-state index is 11.8. The van der Waals surface area contributed by atoms with E-state index in [1.165, 1.54) is 11.8 Å². The van der Waals surface area contributed by atoms with Crippen LogP contribution >= 0.6 is 23.4 Å². The first-order valence-corrected chi connectivity index (χ1v) is 7.83. The topological polar surface area (TPSA) is 52.9 Å². The molecule has 2 rings (SSSR count). The number of nitrogens with zero attached hydrogens (tertiary/aromatic N) is 1. The van der Waals surface area contributed by atoms with Crippen molar-refractivity contribution < 1.29 is 4.79 Å². The van der Waals surface area contributed by atoms with E-state index >= 15 is 0 Å². The van der Waals surface area contributed by atoms with Crippen LogP contribution in [0.2, 0.25) is 5.02 Å². The number of nitriles is 1. The number of hydrogen-bond donors (Lipinski definition) is 1. The Kier molecular flexibility index (Phi) is 5.68. The molecule has 0 saturated heterocycles. The second-order valence-corrected chi connectivity index (χ2v) is 5.79. The van der Waals surface area contributed by atoms with E-state index in [-0.39, 0.29) is 5.91 Å². The molecule has 0 bridgehead atoms. The van der Waals surface area contributed by atoms with Gasteiger partial charge in [-0.2, -0.15) is 5.26 Å². The SMILES string of the molecule is N#Cc1cccc(CSCC(=O)Nc2cccc(Cl)c2)c1. The Labute approximate surface area is 132 Å². The third kappa shape index (κ3) is 5.14. The van der Waals surface area contributed by atoms with Crippen LogP contribution in [0.3, 0.4) is 0 Å². The smallest absolute Gasteiger partial charge is 0.234 e. The average Bonchev–Trinajstić information content (AvgIpc) is 2.47. The van der Waals surface area contributed by atoms with Crippen LogP contribution in [-0.2, 0) is 10.5 Å². The monoisotopic (exact) mass is 316 g/mol. The molecule has 0 spiro atoms. The van der Waals surface area contributed by atoms with Crippen molar-refractivity contribution in [1.29, 1.82) is 5.26 Å². The fraction of sp³-hybridized carbons (Fsp3) is 0.125. The van der Waals surface area contributed by atoms with Crippen molar-refractivity contribution in [2.24, 2.45) is 0 Å². The molecule has 2 aromatic carbocycles. The van der Waals surface area contributed by atoms with Gasteiger partial charge in [0.2, 0.25) is 5.91 Å². The maximum absolute atomic E-state index is 11.8. The van der Waals surface area contributed by atoms with E-state index in [0.29, 0.717) is 27.8 Å². The lowest BCUT2D eigenvalue weighted by atomic mass is 10.2. The van der Waals surface area contributed by atoms with E-state index in [1.54, 1.807) is 30.3 Å². The number of carbonyl (C=O) groups is 1. The number of hydrogen-bond acceptors (Lipinski definition) is 3. The van der Waals surface area contributed by atoms with Gasteiger partial charge in [0, 0.05) is 16.5 Å². The highest BCUT2D eigenvalue weighted by molar-refractivity contribution is 7.99. The fourth-order valence-corrected chi connectivity index (χ4v) is 2.72. The summed E-state index contributed by atoms with van der Waals surface area (Å²) in [5.41, 5.74) is 2.37. The molecule has 106 valence electrons. The molecule has 0 saturated carbocycles. The highest BCUT2D eigenvalue weighted by Gasteiger charge is 2.04. The minimum absolute atomic E-state index is 0.0706. The lowest BCUT2D eigenvalue weighted by Crippen LogP contribution is -2.14. The first kappa shape index (κ1) is 15.4. The van der Waals surface area contributed by atoms with Gasteiger partial charge in [0.25, 0.3) is 0 Å². The Balaban J connectivity index is 1.80. The third-order valence-corrected chi connectivity index (χ3v) is 3.91. The highest BCUT2D eigenvalue weighted by Crippen LogP contribution is 2.17. The molecule has 0 fully saturated rings. The molecule has 1 N–H and O–H groups in total. The summed E-state index contributed by atoms with van der Waals surface area (Å²) in [6, 6.07) is 16.6. The first-order chi connectivity index (χ1) is 10.2. The van der Waals surface area contributed by atoms with Crippen LogP contribution in [0, 0.1) is 11.3 Å². The largest absolute Gasteiger partial charge is 0.325 e. The second kappa shape index (κ2) is 7.72. The molecule has 0 radical (unpaired) electrons. The number of anilines is 1. The van der Waals surface area contributed by atoms with E-state index in [4.69, 9.17) is 16.9 Å². The van der Waals surface area contributed by atoms with Crippen LogP contribution in [0.1, 0.15) is 11.1 Å². The summed E-state index contributed by atoms with van der Waals surface area (Å²) >= 11 is 7.36. The molecule has 1 amide bonds. The summed E-state index contributed by atoms with van der Waals surface area (Å²) in [5, 5.41) is 12.2. The van der Waals surface area contributed by atoms with E-state index in [0.717, 1.165) is 5.56 Å². The molecule has 0 aliphatic carbocycles. The lowest BCUT2D eigenvalue weighted by molar-refractivity contribution is -0.113. The van der Waals surface area contributed by atoms with Gasteiger partial charge >= 0.3 is 0 Å². The number of nitrogens with one attached hydrogen (secondary N) is 1. The summed E-state index contributed by atoms with van der Waals surface area (Å²) in [7, 11) is 0.